The van der Waals surface area contributed by atoms with Gasteiger partial charge in [0.15, 0.2) is 6.33 Å². The van der Waals surface area contributed by atoms with E-state index in [0.29, 0.717) is 59.9 Å². The van der Waals surface area contributed by atoms with E-state index in [-0.39, 0.29) is 7.43 Å². The van der Waals surface area contributed by atoms with Crippen LogP contribution in [0.4, 0.5) is 0 Å². The van der Waals surface area contributed by atoms with Gasteiger partial charge in [-0.15, -0.1) is 31.7 Å². The molecule has 0 atom stereocenters. The molecule has 1 N–H and O–H groups in total. The molecule has 320 valence electrons. The van der Waals surface area contributed by atoms with E-state index >= 15 is 0 Å². The van der Waals surface area contributed by atoms with Gasteiger partial charge in [-0.2, -0.15) is 14.5 Å². The lowest BCUT2D eigenvalue weighted by molar-refractivity contribution is 0.364. The normalized spacial score (nSPS) is 11.2. The maximum Gasteiger partial charge on any atom is 0.228 e. The van der Waals surface area contributed by atoms with Gasteiger partial charge in [-0.1, -0.05) is 116 Å². The van der Waals surface area contributed by atoms with Gasteiger partial charge < -0.3 is 8.94 Å². The first kappa shape index (κ1) is 53.0. The highest BCUT2D eigenvalue weighted by Gasteiger charge is 2.05. The van der Waals surface area contributed by atoms with Crippen molar-refractivity contribution in [1.82, 2.24) is 60.1 Å². The third kappa shape index (κ3) is 23.9. The Morgan fingerprint density at radius 3 is 1.62 bits per heavy atom. The highest BCUT2D eigenvalue weighted by atomic mass is 32.1. The third-order valence-corrected chi connectivity index (χ3v) is 8.85. The molecule has 7 heterocycles. The van der Waals surface area contributed by atoms with Crippen LogP contribution in [0.3, 0.4) is 0 Å². The first-order valence-electron chi connectivity index (χ1n) is 19.0. The molecule has 0 aliphatic carbocycles. The van der Waals surface area contributed by atoms with E-state index in [2.05, 4.69) is 139 Å². The van der Waals surface area contributed by atoms with E-state index in [4.69, 9.17) is 8.94 Å². The molecule has 0 amide bonds. The zero-order chi connectivity index (χ0) is 42.6. The topological polar surface area (TPSA) is 209 Å². The molecule has 0 unspecified atom stereocenters. The van der Waals surface area contributed by atoms with Gasteiger partial charge in [-0.05, 0) is 35.5 Å². The van der Waals surface area contributed by atoms with E-state index in [1.165, 1.54) is 30.6 Å². The van der Waals surface area contributed by atoms with Crippen LogP contribution in [0.2, 0.25) is 0 Å². The largest absolute Gasteiger partial charge is 0.428 e. The van der Waals surface area contributed by atoms with Crippen molar-refractivity contribution in [2.45, 2.75) is 140 Å². The van der Waals surface area contributed by atoms with Crippen molar-refractivity contribution in [3.8, 4) is 0 Å². The molecule has 0 aromatic carbocycles. The molecule has 58 heavy (non-hydrogen) atoms. The Morgan fingerprint density at radius 1 is 0.655 bits per heavy atom. The maximum atomic E-state index is 4.87. The minimum Gasteiger partial charge on any atom is -0.428 e. The minimum absolute atomic E-state index is 0. The Labute approximate surface area is 353 Å². The van der Waals surface area contributed by atoms with Gasteiger partial charge in [0.1, 0.15) is 40.7 Å². The summed E-state index contributed by atoms with van der Waals surface area (Å²) in [6, 6.07) is 6.00. The molecule has 1 aliphatic heterocycles. The summed E-state index contributed by atoms with van der Waals surface area (Å²) in [6.45, 7) is 29.8. The van der Waals surface area contributed by atoms with E-state index in [9.17, 15) is 0 Å². The number of hydrogen-bond donors (Lipinski definition) is 1. The lowest BCUT2D eigenvalue weighted by Crippen LogP contribution is -2.05. The number of pyridine rings is 1. The van der Waals surface area contributed by atoms with Crippen LogP contribution in [0, 0.1) is 5.92 Å². The molecule has 18 heteroatoms. The Morgan fingerprint density at radius 2 is 1.36 bits per heavy atom. The summed E-state index contributed by atoms with van der Waals surface area (Å²) in [5.41, 5.74) is 4.05. The third-order valence-electron chi connectivity index (χ3n) is 6.90. The van der Waals surface area contributed by atoms with Gasteiger partial charge in [0, 0.05) is 47.7 Å². The average molecular weight is 839 g/mol. The average Bonchev–Trinajstić information content (AvgIpc) is 4.06. The number of rotatable bonds is 7. The van der Waals surface area contributed by atoms with Crippen LogP contribution >= 0.6 is 22.9 Å². The van der Waals surface area contributed by atoms with Crippen LogP contribution in [-0.4, -0.2) is 78.7 Å². The first-order chi connectivity index (χ1) is 27.1. The summed E-state index contributed by atoms with van der Waals surface area (Å²) in [6.07, 6.45) is 9.56. The monoisotopic (exact) mass is 838 g/mol. The Balaban J connectivity index is 0.000000652. The lowest BCUT2D eigenvalue weighted by Gasteiger charge is -2.00. The quantitative estimate of drug-likeness (QED) is 0.159. The summed E-state index contributed by atoms with van der Waals surface area (Å²) >= 11 is 3.08. The summed E-state index contributed by atoms with van der Waals surface area (Å²) in [5, 5.41) is 27.0. The van der Waals surface area contributed by atoms with E-state index in [1.807, 2.05) is 58.3 Å². The Kier molecular flexibility index (Phi) is 28.4. The SMILES string of the molecule is C.CC(C)C1=NCN=C1.CC(C)c1ccccn1.CC(C)c1ncn[nH]1.CC(C)c1ncno1.CC(C)c1ncns1.CC(C)c1nnco1.CC(C)c1nncs1. The van der Waals surface area contributed by atoms with Crippen molar-refractivity contribution in [3.05, 3.63) is 88.6 Å². The van der Waals surface area contributed by atoms with Gasteiger partial charge in [0.05, 0.1) is 5.71 Å². The van der Waals surface area contributed by atoms with Crippen molar-refractivity contribution < 1.29 is 8.94 Å². The van der Waals surface area contributed by atoms with Crippen LogP contribution < -0.4 is 0 Å². The van der Waals surface area contributed by atoms with Crippen LogP contribution in [0.1, 0.15) is 173 Å². The number of nitrogens with one attached hydrogen (secondary N) is 1. The highest BCUT2D eigenvalue weighted by molar-refractivity contribution is 7.09. The van der Waals surface area contributed by atoms with Crippen LogP contribution in [-0.2, 0) is 0 Å². The fraction of sp³-hybridized carbons (Fsp3) is 0.575. The van der Waals surface area contributed by atoms with Gasteiger partial charge in [0.25, 0.3) is 0 Å². The molecule has 6 aromatic heterocycles. The fourth-order valence-electron chi connectivity index (χ4n) is 3.58. The van der Waals surface area contributed by atoms with Crippen molar-refractivity contribution in [2.75, 3.05) is 6.67 Å². The second kappa shape index (κ2) is 31.1. The van der Waals surface area contributed by atoms with Gasteiger partial charge in [-0.3, -0.25) is 20.1 Å². The van der Waals surface area contributed by atoms with Gasteiger partial charge >= 0.3 is 0 Å². The second-order valence-electron chi connectivity index (χ2n) is 14.4. The molecule has 1 aliphatic rings. The van der Waals surface area contributed by atoms with Crippen LogP contribution in [0.15, 0.2) is 74.2 Å². The molecule has 6 aromatic rings. The second-order valence-corrected chi connectivity index (χ2v) is 16.0. The molecular formula is C40H66N14O2S2. The zero-order valence-corrected chi connectivity index (χ0v) is 37.6. The minimum atomic E-state index is 0. The number of aromatic amines is 1. The van der Waals surface area contributed by atoms with Gasteiger partial charge in [-0.25, -0.2) is 9.97 Å². The van der Waals surface area contributed by atoms with Crippen molar-refractivity contribution >= 4 is 34.8 Å². The predicted molar refractivity (Wildman–Crippen MR) is 236 cm³/mol. The number of aliphatic imine (C=N–C) groups is 2. The summed E-state index contributed by atoms with van der Waals surface area (Å²) in [7, 11) is 0. The molecule has 0 saturated heterocycles. The molecule has 0 spiro atoms. The molecule has 0 bridgehead atoms. The summed E-state index contributed by atoms with van der Waals surface area (Å²) < 4.78 is 13.5. The number of H-pyrrole nitrogens is 1. The molecule has 7 rings (SSSR count). The maximum absolute atomic E-state index is 4.87. The van der Waals surface area contributed by atoms with Crippen molar-refractivity contribution in [3.63, 3.8) is 0 Å². The molecular weight excluding hydrogens is 773 g/mol. The van der Waals surface area contributed by atoms with Crippen molar-refractivity contribution in [2.24, 2.45) is 15.9 Å². The molecule has 16 nitrogen and oxygen atoms in total. The molecule has 0 saturated carbocycles. The van der Waals surface area contributed by atoms with Gasteiger partial charge in [0.2, 0.25) is 18.2 Å². The van der Waals surface area contributed by atoms with Crippen molar-refractivity contribution in [1.29, 1.82) is 0 Å². The Hall–Kier alpha value is -4.97. The van der Waals surface area contributed by atoms with E-state index < -0.39 is 0 Å². The predicted octanol–water partition coefficient (Wildman–Crippen LogP) is 10.6. The zero-order valence-electron chi connectivity index (χ0n) is 36.0. The van der Waals surface area contributed by atoms with Crippen LogP contribution in [0.5, 0.6) is 0 Å². The summed E-state index contributed by atoms with van der Waals surface area (Å²) in [4.78, 5) is 24.1. The lowest BCUT2D eigenvalue weighted by atomic mass is 10.1. The first-order valence-corrected chi connectivity index (χ1v) is 20.6. The fourth-order valence-corrected chi connectivity index (χ4v) is 4.65. The van der Waals surface area contributed by atoms with E-state index in [0.717, 1.165) is 27.2 Å². The number of hydrogen-bond acceptors (Lipinski definition) is 17. The van der Waals surface area contributed by atoms with Crippen LogP contribution in [0.25, 0.3) is 0 Å². The standard InChI is InChI=1S/C8H11N.C6H10N2.C5H9N3.2C5H8N2O.2C5H8N2S.CH4/c1-7(2)8-5-3-4-6-9-8;1-5(2)6-3-7-4-8-6;1-4(2)5-6-3-7-8-5;1-4(2)5-7-6-3-8-5;1-4(2)5-6-3-7-8-5;1-4(2)5-7-6-3-8-5;1-4(2)5-6-3-7-8-5;/h3-7H,1-2H3;3,5H,4H2,1-2H3;3-4H,1-2H3,(H,6,7,8);4*3-4H,1-2H3;1H4. The Bertz CT molecular complexity index is 1570. The molecule has 0 radical (unpaired) electrons. The van der Waals surface area contributed by atoms with E-state index in [1.54, 1.807) is 23.2 Å². The smallest absolute Gasteiger partial charge is 0.228 e. The molecule has 0 fully saturated rings. The summed E-state index contributed by atoms with van der Waals surface area (Å²) in [5.74, 6) is 5.64. The highest BCUT2D eigenvalue weighted by Crippen LogP contribution is 2.14. The number of nitrogens with zero attached hydrogens (tertiary/aromatic N) is 13. The number of aromatic nitrogens is 12.